The Kier molecular flexibility index (Phi) is 4.45. The first-order chi connectivity index (χ1) is 3.27. The lowest BCUT2D eigenvalue weighted by atomic mass is 10.5. The first-order valence-corrected chi connectivity index (χ1v) is 5.30. The fourth-order valence-corrected chi connectivity index (χ4v) is 1.06. The van der Waals surface area contributed by atoms with Crippen molar-refractivity contribution in [2.45, 2.75) is 26.5 Å². The molecule has 0 aromatic rings. The summed E-state index contributed by atoms with van der Waals surface area (Å²) in [7, 11) is 0.149. The molecule has 0 saturated heterocycles. The number of rotatable bonds is 3. The molecule has 0 aliphatic carbocycles. The van der Waals surface area contributed by atoms with Gasteiger partial charge in [0.05, 0.1) is 6.10 Å². The van der Waals surface area contributed by atoms with E-state index in [4.69, 9.17) is 4.74 Å². The van der Waals surface area contributed by atoms with Crippen molar-refractivity contribution in [2.75, 3.05) is 6.23 Å². The summed E-state index contributed by atoms with van der Waals surface area (Å²) in [4.78, 5) is 0. The van der Waals surface area contributed by atoms with Crippen LogP contribution < -0.4 is 0 Å². The van der Waals surface area contributed by atoms with Crippen LogP contribution in [0.1, 0.15) is 13.8 Å². The smallest absolute Gasteiger partial charge is 0.0514 e. The molecule has 2 heteroatoms. The van der Waals surface area contributed by atoms with E-state index in [2.05, 4.69) is 20.4 Å². The van der Waals surface area contributed by atoms with Crippen molar-refractivity contribution < 1.29 is 4.74 Å². The second-order valence-electron chi connectivity index (χ2n) is 1.92. The average Bonchev–Trinajstić information content (AvgIpc) is 1.61. The van der Waals surface area contributed by atoms with Crippen LogP contribution in [0.15, 0.2) is 0 Å². The van der Waals surface area contributed by atoms with Crippen molar-refractivity contribution in [1.29, 1.82) is 0 Å². The fourth-order valence-electron chi connectivity index (χ4n) is 0.354. The summed E-state index contributed by atoms with van der Waals surface area (Å²) in [6.45, 7) is 6.40. The lowest BCUT2D eigenvalue weighted by Crippen LogP contribution is -2.06. The Hall–Kier alpha value is 0.177. The summed E-state index contributed by atoms with van der Waals surface area (Å²) in [5, 5.41) is 0. The quantitative estimate of drug-likeness (QED) is 0.493. The van der Waals surface area contributed by atoms with Gasteiger partial charge in [-0.2, -0.15) is 0 Å². The van der Waals surface area contributed by atoms with E-state index >= 15 is 0 Å². The molecule has 0 unspecified atom stereocenters. The van der Waals surface area contributed by atoms with E-state index < -0.39 is 0 Å². The molecular weight excluding hydrogens is 104 g/mol. The molecule has 0 amide bonds. The summed E-state index contributed by atoms with van der Waals surface area (Å²) < 4.78 is 5.25. The van der Waals surface area contributed by atoms with Crippen LogP contribution in [-0.4, -0.2) is 21.9 Å². The molecular formula is C5H14OSi. The highest BCUT2D eigenvalue weighted by Crippen LogP contribution is 1.83. The molecule has 0 spiro atoms. The molecule has 0 aliphatic heterocycles. The largest absolute Gasteiger partial charge is 0.383 e. The van der Waals surface area contributed by atoms with E-state index in [1.165, 1.54) is 0 Å². The minimum Gasteiger partial charge on any atom is -0.383 e. The number of ether oxygens (including phenoxy) is 1. The van der Waals surface area contributed by atoms with Gasteiger partial charge in [0.2, 0.25) is 0 Å². The molecule has 0 fully saturated rings. The van der Waals surface area contributed by atoms with Crippen LogP contribution in [0, 0.1) is 0 Å². The SMILES string of the molecule is C[SiH2]COC(C)C. The summed E-state index contributed by atoms with van der Waals surface area (Å²) >= 11 is 0. The lowest BCUT2D eigenvalue weighted by molar-refractivity contribution is 0.115. The molecule has 0 aliphatic rings. The second kappa shape index (κ2) is 4.34. The van der Waals surface area contributed by atoms with Gasteiger partial charge in [0, 0.05) is 15.7 Å². The van der Waals surface area contributed by atoms with Crippen LogP contribution in [0.5, 0.6) is 0 Å². The van der Waals surface area contributed by atoms with E-state index in [1.54, 1.807) is 0 Å². The monoisotopic (exact) mass is 118 g/mol. The van der Waals surface area contributed by atoms with Crippen LogP contribution in [-0.2, 0) is 4.74 Å². The maximum Gasteiger partial charge on any atom is 0.0514 e. The van der Waals surface area contributed by atoms with Crippen molar-refractivity contribution in [2.24, 2.45) is 0 Å². The molecule has 0 heterocycles. The third-order valence-electron chi connectivity index (χ3n) is 0.655. The molecule has 0 N–H and O–H groups in total. The van der Waals surface area contributed by atoms with E-state index in [-0.39, 0.29) is 9.52 Å². The van der Waals surface area contributed by atoms with Gasteiger partial charge in [0.25, 0.3) is 0 Å². The first-order valence-electron chi connectivity index (χ1n) is 2.89. The minimum atomic E-state index is 0.149. The van der Waals surface area contributed by atoms with Gasteiger partial charge in [-0.05, 0) is 13.8 Å². The molecule has 7 heavy (non-hydrogen) atoms. The Balaban J connectivity index is 2.68. The van der Waals surface area contributed by atoms with Gasteiger partial charge < -0.3 is 4.74 Å². The van der Waals surface area contributed by atoms with Gasteiger partial charge in [-0.25, -0.2) is 0 Å². The van der Waals surface area contributed by atoms with Crippen molar-refractivity contribution in [1.82, 2.24) is 0 Å². The van der Waals surface area contributed by atoms with Crippen molar-refractivity contribution in [3.05, 3.63) is 0 Å². The van der Waals surface area contributed by atoms with Crippen LogP contribution in [0.2, 0.25) is 6.55 Å². The second-order valence-corrected chi connectivity index (χ2v) is 3.33. The molecule has 0 aromatic carbocycles. The van der Waals surface area contributed by atoms with Gasteiger partial charge in [-0.1, -0.05) is 6.55 Å². The summed E-state index contributed by atoms with van der Waals surface area (Å²) in [5.41, 5.74) is 0. The van der Waals surface area contributed by atoms with E-state index in [0.29, 0.717) is 6.10 Å². The normalized spacial score (nSPS) is 12.0. The molecule has 0 aromatic heterocycles. The highest BCUT2D eigenvalue weighted by Gasteiger charge is 1.87. The molecule has 0 rings (SSSR count). The predicted molar refractivity (Wildman–Crippen MR) is 35.5 cm³/mol. The van der Waals surface area contributed by atoms with Gasteiger partial charge in [0.15, 0.2) is 0 Å². The standard InChI is InChI=1S/C5H14OSi/c1-5(2)6-4-7-3/h5H,4,7H2,1-3H3. The molecule has 44 valence electrons. The van der Waals surface area contributed by atoms with Crippen LogP contribution >= 0.6 is 0 Å². The third kappa shape index (κ3) is 6.18. The minimum absolute atomic E-state index is 0.149. The van der Waals surface area contributed by atoms with Crippen molar-refractivity contribution in [3.63, 3.8) is 0 Å². The Bertz CT molecular complexity index is 37.1. The third-order valence-corrected chi connectivity index (χ3v) is 1.30. The molecule has 0 radical (unpaired) electrons. The molecule has 0 bridgehead atoms. The topological polar surface area (TPSA) is 9.23 Å². The number of hydrogen-bond acceptors (Lipinski definition) is 1. The highest BCUT2D eigenvalue weighted by molar-refractivity contribution is 6.33. The van der Waals surface area contributed by atoms with E-state index in [9.17, 15) is 0 Å². The Morgan fingerprint density at radius 1 is 1.57 bits per heavy atom. The fraction of sp³-hybridized carbons (Fsp3) is 1.00. The molecule has 0 saturated carbocycles. The van der Waals surface area contributed by atoms with Gasteiger partial charge in [-0.3, -0.25) is 0 Å². The average molecular weight is 118 g/mol. The Morgan fingerprint density at radius 2 is 2.14 bits per heavy atom. The first kappa shape index (κ1) is 7.18. The Morgan fingerprint density at radius 3 is 2.29 bits per heavy atom. The van der Waals surface area contributed by atoms with Crippen LogP contribution in [0.3, 0.4) is 0 Å². The van der Waals surface area contributed by atoms with Gasteiger partial charge >= 0.3 is 0 Å². The van der Waals surface area contributed by atoms with Gasteiger partial charge in [-0.15, -0.1) is 0 Å². The summed E-state index contributed by atoms with van der Waals surface area (Å²) in [5.74, 6) is 0. The predicted octanol–water partition coefficient (Wildman–Crippen LogP) is 0.586. The van der Waals surface area contributed by atoms with Crippen LogP contribution in [0.4, 0.5) is 0 Å². The maximum absolute atomic E-state index is 5.25. The Labute approximate surface area is 47.9 Å². The molecule has 1 nitrogen and oxygen atoms in total. The van der Waals surface area contributed by atoms with E-state index in [0.717, 1.165) is 6.23 Å². The lowest BCUT2D eigenvalue weighted by Gasteiger charge is -2.02. The van der Waals surface area contributed by atoms with Crippen molar-refractivity contribution >= 4 is 9.52 Å². The van der Waals surface area contributed by atoms with Crippen molar-refractivity contribution in [3.8, 4) is 0 Å². The summed E-state index contributed by atoms with van der Waals surface area (Å²) in [6, 6.07) is 0. The molecule has 0 atom stereocenters. The zero-order valence-electron chi connectivity index (χ0n) is 5.40. The number of hydrogen-bond donors (Lipinski definition) is 0. The van der Waals surface area contributed by atoms with E-state index in [1.807, 2.05) is 0 Å². The highest BCUT2D eigenvalue weighted by atomic mass is 28.2. The zero-order chi connectivity index (χ0) is 5.70. The van der Waals surface area contributed by atoms with Crippen LogP contribution in [0.25, 0.3) is 0 Å². The zero-order valence-corrected chi connectivity index (χ0v) is 6.81. The van der Waals surface area contributed by atoms with Gasteiger partial charge in [0.1, 0.15) is 0 Å². The maximum atomic E-state index is 5.25. The summed E-state index contributed by atoms with van der Waals surface area (Å²) in [6.07, 6.45) is 1.48.